The molecule has 0 bridgehead atoms. The molecule has 0 aromatic rings. The molecule has 0 aliphatic carbocycles. The average molecular weight is 218 g/mol. The first kappa shape index (κ1) is 16.5. The van der Waals surface area contributed by atoms with Crippen molar-refractivity contribution in [2.45, 2.75) is 46.6 Å². The second-order valence-electron chi connectivity index (χ2n) is 3.12. The van der Waals surface area contributed by atoms with Gasteiger partial charge in [0.2, 0.25) is 0 Å². The van der Waals surface area contributed by atoms with Crippen LogP contribution in [0.5, 0.6) is 0 Å². The molecule has 0 rings (SSSR count). The monoisotopic (exact) mass is 218 g/mol. The van der Waals surface area contributed by atoms with Gasteiger partial charge in [-0.25, -0.2) is 0 Å². The molecule has 0 N–H and O–H groups in total. The number of hydrogen-bond acceptors (Lipinski definition) is 4. The van der Waals surface area contributed by atoms with Crippen LogP contribution in [0.2, 0.25) is 0 Å². The standard InChI is InChI=1S/C6H12O3.C5H10O/c1-5(4-8-3)9-6(2)7;1-3-5(6)4-2/h5H,4H2,1-3H3;3-4H2,1-2H3. The van der Waals surface area contributed by atoms with Crippen LogP contribution in [0, 0.1) is 0 Å². The van der Waals surface area contributed by atoms with Crippen molar-refractivity contribution < 1.29 is 19.1 Å². The molecule has 0 saturated heterocycles. The first-order valence-electron chi connectivity index (χ1n) is 5.15. The van der Waals surface area contributed by atoms with Gasteiger partial charge in [0.1, 0.15) is 11.9 Å². The van der Waals surface area contributed by atoms with Crippen LogP contribution >= 0.6 is 0 Å². The van der Waals surface area contributed by atoms with E-state index in [4.69, 9.17) is 9.47 Å². The normalized spacial score (nSPS) is 11.0. The van der Waals surface area contributed by atoms with Crippen LogP contribution in [-0.4, -0.2) is 31.6 Å². The molecule has 15 heavy (non-hydrogen) atoms. The number of hydrogen-bond donors (Lipinski definition) is 0. The molecular formula is C11H22O4. The van der Waals surface area contributed by atoms with E-state index in [0.29, 0.717) is 25.2 Å². The number of ether oxygens (including phenoxy) is 2. The lowest BCUT2D eigenvalue weighted by atomic mass is 10.3. The van der Waals surface area contributed by atoms with Gasteiger partial charge < -0.3 is 9.47 Å². The molecule has 4 heteroatoms. The number of ketones is 1. The molecule has 1 atom stereocenters. The van der Waals surface area contributed by atoms with Crippen LogP contribution in [0.1, 0.15) is 40.5 Å². The number of esters is 1. The van der Waals surface area contributed by atoms with E-state index in [1.54, 1.807) is 14.0 Å². The fraction of sp³-hybridized carbons (Fsp3) is 0.818. The summed E-state index contributed by atoms with van der Waals surface area (Å²) in [6.45, 7) is 7.38. The summed E-state index contributed by atoms with van der Waals surface area (Å²) in [6.07, 6.45) is 1.25. The molecule has 90 valence electrons. The van der Waals surface area contributed by atoms with Crippen molar-refractivity contribution in [3.63, 3.8) is 0 Å². The first-order chi connectivity index (χ1) is 6.97. The van der Waals surface area contributed by atoms with Crippen LogP contribution in [0.3, 0.4) is 0 Å². The summed E-state index contributed by atoms with van der Waals surface area (Å²) >= 11 is 0. The Morgan fingerprint density at radius 2 is 1.67 bits per heavy atom. The highest BCUT2D eigenvalue weighted by Gasteiger charge is 2.02. The molecule has 0 heterocycles. The van der Waals surface area contributed by atoms with Gasteiger partial charge in [0.25, 0.3) is 0 Å². The van der Waals surface area contributed by atoms with Gasteiger partial charge in [0.05, 0.1) is 6.61 Å². The molecule has 0 aliphatic heterocycles. The van der Waals surface area contributed by atoms with Crippen LogP contribution in [0.4, 0.5) is 0 Å². The Bertz CT molecular complexity index is 171. The molecule has 0 spiro atoms. The van der Waals surface area contributed by atoms with E-state index >= 15 is 0 Å². The van der Waals surface area contributed by atoms with Crippen LogP contribution in [0.15, 0.2) is 0 Å². The predicted octanol–water partition coefficient (Wildman–Crippen LogP) is 1.96. The number of rotatable bonds is 5. The molecular weight excluding hydrogens is 196 g/mol. The van der Waals surface area contributed by atoms with Crippen molar-refractivity contribution in [3.05, 3.63) is 0 Å². The quantitative estimate of drug-likeness (QED) is 0.662. The van der Waals surface area contributed by atoms with Crippen molar-refractivity contribution in [1.82, 2.24) is 0 Å². The second-order valence-corrected chi connectivity index (χ2v) is 3.12. The average Bonchev–Trinajstić information content (AvgIpc) is 2.16. The zero-order chi connectivity index (χ0) is 12.3. The van der Waals surface area contributed by atoms with Gasteiger partial charge in [0, 0.05) is 26.9 Å². The minimum Gasteiger partial charge on any atom is -0.460 e. The minimum atomic E-state index is -0.264. The lowest BCUT2D eigenvalue weighted by molar-refractivity contribution is -0.147. The van der Waals surface area contributed by atoms with Crippen LogP contribution < -0.4 is 0 Å². The van der Waals surface area contributed by atoms with Crippen molar-refractivity contribution in [2.75, 3.05) is 13.7 Å². The van der Waals surface area contributed by atoms with E-state index in [-0.39, 0.29) is 12.1 Å². The van der Waals surface area contributed by atoms with Crippen molar-refractivity contribution in [3.8, 4) is 0 Å². The van der Waals surface area contributed by atoms with Gasteiger partial charge in [-0.2, -0.15) is 0 Å². The zero-order valence-corrected chi connectivity index (χ0v) is 10.3. The molecule has 4 nitrogen and oxygen atoms in total. The Kier molecular flexibility index (Phi) is 12.3. The van der Waals surface area contributed by atoms with E-state index < -0.39 is 0 Å². The summed E-state index contributed by atoms with van der Waals surface area (Å²) in [5, 5.41) is 0. The SMILES string of the molecule is CCC(=O)CC.COCC(C)OC(C)=O. The molecule has 0 fully saturated rings. The highest BCUT2D eigenvalue weighted by Crippen LogP contribution is 1.90. The Morgan fingerprint density at radius 1 is 1.20 bits per heavy atom. The highest BCUT2D eigenvalue weighted by atomic mass is 16.6. The first-order valence-corrected chi connectivity index (χ1v) is 5.15. The molecule has 0 aliphatic rings. The third-order valence-corrected chi connectivity index (χ3v) is 1.56. The lowest BCUT2D eigenvalue weighted by Gasteiger charge is -2.08. The summed E-state index contributed by atoms with van der Waals surface area (Å²) in [5.41, 5.74) is 0. The number of carbonyl (C=O) groups is 2. The molecule has 0 saturated carbocycles. The maximum absolute atomic E-state index is 10.3. The fourth-order valence-corrected chi connectivity index (χ4v) is 0.802. The van der Waals surface area contributed by atoms with Crippen molar-refractivity contribution in [1.29, 1.82) is 0 Å². The molecule has 0 amide bonds. The van der Waals surface area contributed by atoms with Gasteiger partial charge in [0.15, 0.2) is 0 Å². The highest BCUT2D eigenvalue weighted by molar-refractivity contribution is 5.77. The van der Waals surface area contributed by atoms with E-state index in [2.05, 4.69) is 0 Å². The topological polar surface area (TPSA) is 52.6 Å². The number of methoxy groups -OCH3 is 1. The fourth-order valence-electron chi connectivity index (χ4n) is 0.802. The Hall–Kier alpha value is -0.900. The Morgan fingerprint density at radius 3 is 1.87 bits per heavy atom. The van der Waals surface area contributed by atoms with Gasteiger partial charge in [-0.3, -0.25) is 9.59 Å². The third kappa shape index (κ3) is 15.8. The summed E-state index contributed by atoms with van der Waals surface area (Å²) in [5.74, 6) is 0.0783. The summed E-state index contributed by atoms with van der Waals surface area (Å²) in [4.78, 5) is 20.4. The maximum atomic E-state index is 10.3. The summed E-state index contributed by atoms with van der Waals surface area (Å²) in [7, 11) is 1.57. The van der Waals surface area contributed by atoms with Gasteiger partial charge in [-0.05, 0) is 6.92 Å². The Balaban J connectivity index is 0. The minimum absolute atomic E-state index is 0.132. The molecule has 0 aromatic heterocycles. The van der Waals surface area contributed by atoms with E-state index in [9.17, 15) is 9.59 Å². The largest absolute Gasteiger partial charge is 0.460 e. The third-order valence-electron chi connectivity index (χ3n) is 1.56. The lowest BCUT2D eigenvalue weighted by Crippen LogP contribution is -2.17. The van der Waals surface area contributed by atoms with Crippen LogP contribution in [-0.2, 0) is 19.1 Å². The van der Waals surface area contributed by atoms with Gasteiger partial charge >= 0.3 is 5.97 Å². The van der Waals surface area contributed by atoms with E-state index in [1.807, 2.05) is 13.8 Å². The smallest absolute Gasteiger partial charge is 0.302 e. The summed E-state index contributed by atoms with van der Waals surface area (Å²) < 4.78 is 9.45. The zero-order valence-electron chi connectivity index (χ0n) is 10.3. The van der Waals surface area contributed by atoms with E-state index in [1.165, 1.54) is 6.92 Å². The molecule has 1 unspecified atom stereocenters. The number of carbonyl (C=O) groups excluding carboxylic acids is 2. The predicted molar refractivity (Wildman–Crippen MR) is 58.7 cm³/mol. The summed E-state index contributed by atoms with van der Waals surface area (Å²) in [6, 6.07) is 0. The van der Waals surface area contributed by atoms with Gasteiger partial charge in [-0.15, -0.1) is 0 Å². The van der Waals surface area contributed by atoms with Gasteiger partial charge in [-0.1, -0.05) is 13.8 Å². The maximum Gasteiger partial charge on any atom is 0.302 e. The molecule has 0 radical (unpaired) electrons. The number of Topliss-reactive ketones (excluding diaryl/α,β-unsaturated/α-hetero) is 1. The van der Waals surface area contributed by atoms with E-state index in [0.717, 1.165) is 0 Å². The second kappa shape index (κ2) is 11.2. The van der Waals surface area contributed by atoms with Crippen molar-refractivity contribution in [2.24, 2.45) is 0 Å². The molecule has 0 aromatic carbocycles. The van der Waals surface area contributed by atoms with Crippen LogP contribution in [0.25, 0.3) is 0 Å². The Labute approximate surface area is 91.9 Å². The van der Waals surface area contributed by atoms with Crippen molar-refractivity contribution >= 4 is 11.8 Å².